The third-order valence-electron chi connectivity index (χ3n) is 7.58. The summed E-state index contributed by atoms with van der Waals surface area (Å²) in [5.41, 5.74) is 2.80. The number of methoxy groups -OCH3 is 1. The molecule has 0 aromatic heterocycles. The SMILES string of the molecule is COc1ccccc1NCC(O)COc1ccc(C23CC4CC(CC(C4)C2)C3)cc1. The minimum atomic E-state index is -0.599. The van der Waals surface area contributed by atoms with Gasteiger partial charge in [-0.15, -0.1) is 0 Å². The van der Waals surface area contributed by atoms with Gasteiger partial charge in [0.2, 0.25) is 0 Å². The predicted octanol–water partition coefficient (Wildman–Crippen LogP) is 5.01. The summed E-state index contributed by atoms with van der Waals surface area (Å²) in [4.78, 5) is 0. The molecule has 4 aliphatic rings. The lowest BCUT2D eigenvalue weighted by Crippen LogP contribution is -2.48. The van der Waals surface area contributed by atoms with Gasteiger partial charge in [0.15, 0.2) is 0 Å². The fourth-order valence-corrected chi connectivity index (χ4v) is 6.64. The van der Waals surface area contributed by atoms with Crippen molar-refractivity contribution in [3.8, 4) is 11.5 Å². The van der Waals surface area contributed by atoms with Crippen LogP contribution in [0.2, 0.25) is 0 Å². The van der Waals surface area contributed by atoms with Crippen LogP contribution in [0, 0.1) is 17.8 Å². The number of para-hydroxylation sites is 2. The Hall–Kier alpha value is -2.20. The molecule has 0 saturated heterocycles. The Balaban J connectivity index is 1.15. The van der Waals surface area contributed by atoms with Crippen LogP contribution in [-0.2, 0) is 5.41 Å². The first-order chi connectivity index (χ1) is 14.6. The molecule has 30 heavy (non-hydrogen) atoms. The molecule has 0 aliphatic heterocycles. The summed E-state index contributed by atoms with van der Waals surface area (Å²) in [6, 6.07) is 16.5. The number of hydrogen-bond donors (Lipinski definition) is 2. The smallest absolute Gasteiger partial charge is 0.141 e. The van der Waals surface area contributed by atoms with Crippen LogP contribution in [0.4, 0.5) is 5.69 Å². The largest absolute Gasteiger partial charge is 0.495 e. The zero-order valence-corrected chi connectivity index (χ0v) is 17.8. The third-order valence-corrected chi connectivity index (χ3v) is 7.58. The Labute approximate surface area is 179 Å². The van der Waals surface area contributed by atoms with Crippen LogP contribution in [0.1, 0.15) is 44.1 Å². The minimum Gasteiger partial charge on any atom is -0.495 e. The average molecular weight is 408 g/mol. The van der Waals surface area contributed by atoms with E-state index in [1.54, 1.807) is 7.11 Å². The lowest BCUT2D eigenvalue weighted by Gasteiger charge is -2.57. The van der Waals surface area contributed by atoms with Crippen LogP contribution < -0.4 is 14.8 Å². The van der Waals surface area contributed by atoms with Gasteiger partial charge in [-0.25, -0.2) is 0 Å². The fraction of sp³-hybridized carbons (Fsp3) is 0.538. The van der Waals surface area contributed by atoms with Crippen molar-refractivity contribution in [3.05, 3.63) is 54.1 Å². The highest BCUT2D eigenvalue weighted by Crippen LogP contribution is 2.60. The molecule has 4 nitrogen and oxygen atoms in total. The maximum Gasteiger partial charge on any atom is 0.141 e. The van der Waals surface area contributed by atoms with Crippen molar-refractivity contribution in [1.82, 2.24) is 0 Å². The zero-order chi connectivity index (χ0) is 20.6. The first kappa shape index (κ1) is 19.7. The molecule has 2 N–H and O–H groups in total. The lowest BCUT2D eigenvalue weighted by molar-refractivity contribution is -0.00521. The fourth-order valence-electron chi connectivity index (χ4n) is 6.64. The Morgan fingerprint density at radius 1 is 0.967 bits per heavy atom. The van der Waals surface area contributed by atoms with E-state index in [4.69, 9.17) is 9.47 Å². The van der Waals surface area contributed by atoms with Gasteiger partial charge < -0.3 is 19.9 Å². The Morgan fingerprint density at radius 3 is 2.23 bits per heavy atom. The lowest BCUT2D eigenvalue weighted by atomic mass is 9.48. The van der Waals surface area contributed by atoms with Crippen LogP contribution in [0.5, 0.6) is 11.5 Å². The number of aliphatic hydroxyl groups is 1. The van der Waals surface area contributed by atoms with Gasteiger partial charge in [-0.2, -0.15) is 0 Å². The van der Waals surface area contributed by atoms with Gasteiger partial charge in [0.05, 0.1) is 12.8 Å². The van der Waals surface area contributed by atoms with Crippen LogP contribution in [0.3, 0.4) is 0 Å². The van der Waals surface area contributed by atoms with Gasteiger partial charge in [-0.05, 0) is 91.5 Å². The summed E-state index contributed by atoms with van der Waals surface area (Å²) < 4.78 is 11.2. The molecular formula is C26H33NO3. The third kappa shape index (κ3) is 3.90. The average Bonchev–Trinajstić information content (AvgIpc) is 2.76. The number of hydrogen-bond acceptors (Lipinski definition) is 4. The summed E-state index contributed by atoms with van der Waals surface area (Å²) in [6.45, 7) is 0.671. The summed E-state index contributed by atoms with van der Waals surface area (Å²) >= 11 is 0. The molecule has 2 aromatic rings. The van der Waals surface area contributed by atoms with E-state index in [1.165, 1.54) is 44.1 Å². The minimum absolute atomic E-state index is 0.263. The number of benzene rings is 2. The Morgan fingerprint density at radius 2 is 1.60 bits per heavy atom. The number of anilines is 1. The molecule has 0 radical (unpaired) electrons. The Bertz CT molecular complexity index is 828. The standard InChI is InChI=1S/C26H33NO3/c1-29-25-5-3-2-4-24(25)27-16-22(28)17-30-23-8-6-21(7-9-23)26-13-18-10-19(14-26)12-20(11-18)15-26/h2-9,18-20,22,27-28H,10-17H2,1H3. The monoisotopic (exact) mass is 407 g/mol. The molecule has 0 spiro atoms. The van der Waals surface area contributed by atoms with Gasteiger partial charge in [-0.1, -0.05) is 24.3 Å². The van der Waals surface area contributed by atoms with E-state index >= 15 is 0 Å². The number of rotatable bonds is 8. The molecule has 4 bridgehead atoms. The maximum absolute atomic E-state index is 10.3. The second-order valence-corrected chi connectivity index (χ2v) is 9.77. The van der Waals surface area contributed by atoms with Crippen molar-refractivity contribution in [1.29, 1.82) is 0 Å². The molecule has 0 heterocycles. The van der Waals surface area contributed by atoms with Crippen molar-refractivity contribution >= 4 is 5.69 Å². The van der Waals surface area contributed by atoms with E-state index in [9.17, 15) is 5.11 Å². The first-order valence-corrected chi connectivity index (χ1v) is 11.4. The molecule has 160 valence electrons. The van der Waals surface area contributed by atoms with Crippen molar-refractivity contribution < 1.29 is 14.6 Å². The summed E-state index contributed by atoms with van der Waals surface area (Å²) in [5, 5.41) is 13.5. The van der Waals surface area contributed by atoms with E-state index in [0.29, 0.717) is 12.0 Å². The van der Waals surface area contributed by atoms with E-state index in [2.05, 4.69) is 29.6 Å². The summed E-state index contributed by atoms with van der Waals surface area (Å²) in [7, 11) is 1.65. The molecule has 4 saturated carbocycles. The highest BCUT2D eigenvalue weighted by molar-refractivity contribution is 5.56. The van der Waals surface area contributed by atoms with Crippen molar-refractivity contribution in [2.45, 2.75) is 50.0 Å². The highest BCUT2D eigenvalue weighted by Gasteiger charge is 2.51. The molecular weight excluding hydrogens is 374 g/mol. The van der Waals surface area contributed by atoms with Gasteiger partial charge >= 0.3 is 0 Å². The second kappa shape index (κ2) is 8.14. The van der Waals surface area contributed by atoms with Crippen molar-refractivity contribution in [2.24, 2.45) is 17.8 Å². The quantitative estimate of drug-likeness (QED) is 0.645. The van der Waals surface area contributed by atoms with E-state index in [-0.39, 0.29) is 6.61 Å². The molecule has 4 fully saturated rings. The number of nitrogens with one attached hydrogen (secondary N) is 1. The topological polar surface area (TPSA) is 50.7 Å². The van der Waals surface area contributed by atoms with E-state index in [0.717, 1.165) is 34.9 Å². The molecule has 6 rings (SSSR count). The van der Waals surface area contributed by atoms with Gasteiger partial charge in [0.1, 0.15) is 24.2 Å². The highest BCUT2D eigenvalue weighted by atomic mass is 16.5. The molecule has 2 aromatic carbocycles. The summed E-state index contributed by atoms with van der Waals surface area (Å²) in [5.74, 6) is 4.47. The first-order valence-electron chi connectivity index (χ1n) is 11.4. The molecule has 1 unspecified atom stereocenters. The van der Waals surface area contributed by atoms with Crippen LogP contribution >= 0.6 is 0 Å². The van der Waals surface area contributed by atoms with E-state index in [1.807, 2.05) is 24.3 Å². The van der Waals surface area contributed by atoms with Crippen molar-refractivity contribution in [2.75, 3.05) is 25.6 Å². The van der Waals surface area contributed by atoms with Crippen LogP contribution in [0.15, 0.2) is 48.5 Å². The number of aliphatic hydroxyl groups excluding tert-OH is 1. The molecule has 1 atom stereocenters. The van der Waals surface area contributed by atoms with Crippen LogP contribution in [0.25, 0.3) is 0 Å². The van der Waals surface area contributed by atoms with Crippen LogP contribution in [-0.4, -0.2) is 31.5 Å². The van der Waals surface area contributed by atoms with E-state index < -0.39 is 6.10 Å². The summed E-state index contributed by atoms with van der Waals surface area (Å²) in [6.07, 6.45) is 7.97. The van der Waals surface area contributed by atoms with Gasteiger partial charge in [-0.3, -0.25) is 0 Å². The molecule has 4 aliphatic carbocycles. The van der Waals surface area contributed by atoms with Gasteiger partial charge in [0, 0.05) is 6.54 Å². The maximum atomic E-state index is 10.3. The van der Waals surface area contributed by atoms with Crippen molar-refractivity contribution in [3.63, 3.8) is 0 Å². The zero-order valence-electron chi connectivity index (χ0n) is 17.8. The normalized spacial score (nSPS) is 30.1. The number of ether oxygens (including phenoxy) is 2. The predicted molar refractivity (Wildman–Crippen MR) is 119 cm³/mol. The second-order valence-electron chi connectivity index (χ2n) is 9.77. The molecule has 0 amide bonds. The molecule has 4 heteroatoms. The Kier molecular flexibility index (Phi) is 5.36. The van der Waals surface area contributed by atoms with Gasteiger partial charge in [0.25, 0.3) is 0 Å².